The second-order valence-electron chi connectivity index (χ2n) is 8.80. The van der Waals surface area contributed by atoms with E-state index in [1.807, 2.05) is 0 Å². The third-order valence-corrected chi connectivity index (χ3v) is 6.33. The fourth-order valence-electron chi connectivity index (χ4n) is 4.18. The molecule has 3 aliphatic heterocycles. The van der Waals surface area contributed by atoms with Crippen LogP contribution in [-0.4, -0.2) is 146 Å². The molecule has 3 saturated heterocycles. The van der Waals surface area contributed by atoms with Crippen LogP contribution in [0.5, 0.6) is 0 Å². The highest BCUT2D eigenvalue weighted by atomic mass is 16.8. The minimum atomic E-state index is -1.71. The van der Waals surface area contributed by atoms with Gasteiger partial charge in [-0.3, -0.25) is 0 Å². The molecule has 0 amide bonds. The number of ether oxygens (including phenoxy) is 6. The van der Waals surface area contributed by atoms with E-state index in [0.717, 1.165) is 0 Å². The molecule has 8 N–H and O–H groups in total. The number of terminal acetylenes is 1. The third kappa shape index (κ3) is 5.95. The lowest BCUT2D eigenvalue weighted by Gasteiger charge is -2.48. The Morgan fingerprint density at radius 3 is 1.60 bits per heavy atom. The van der Waals surface area contributed by atoms with Gasteiger partial charge in [0.05, 0.1) is 18.8 Å². The van der Waals surface area contributed by atoms with Crippen LogP contribution in [0.25, 0.3) is 0 Å². The summed E-state index contributed by atoms with van der Waals surface area (Å²) in [6.07, 6.45) is -16.4. The first-order valence-electron chi connectivity index (χ1n) is 11.2. The highest BCUT2D eigenvalue weighted by Crippen LogP contribution is 2.33. The van der Waals surface area contributed by atoms with E-state index in [1.165, 1.54) is 13.8 Å². The van der Waals surface area contributed by atoms with E-state index in [0.29, 0.717) is 0 Å². The van der Waals surface area contributed by atoms with Crippen molar-refractivity contribution in [3.8, 4) is 12.3 Å². The van der Waals surface area contributed by atoms with Crippen LogP contribution in [0.3, 0.4) is 0 Å². The van der Waals surface area contributed by atoms with E-state index in [2.05, 4.69) is 5.92 Å². The molecule has 202 valence electrons. The fourth-order valence-corrected chi connectivity index (χ4v) is 4.18. The molecule has 0 aromatic carbocycles. The third-order valence-electron chi connectivity index (χ3n) is 6.33. The summed E-state index contributed by atoms with van der Waals surface area (Å²) < 4.78 is 33.2. The standard InChI is InChI=1S/C21H34O14/c1-4-5-30-21-18(35-20-15(28)13(26)11(24)8(3)32-20)16(29)17(9(6-22)33-21)34-19-14(27)12(25)10(23)7(2)31-19/h1,7-29H,5-6H2,2-3H3/t7?,8?,9?,10-,11-,12?,13?,14-,15-,16?,17+,18-,19-,20-,21+/m0/s1. The zero-order valence-electron chi connectivity index (χ0n) is 19.2. The van der Waals surface area contributed by atoms with Crippen molar-refractivity contribution in [2.24, 2.45) is 0 Å². The Balaban J connectivity index is 1.82. The van der Waals surface area contributed by atoms with Crippen molar-refractivity contribution >= 4 is 0 Å². The van der Waals surface area contributed by atoms with E-state index in [4.69, 9.17) is 34.8 Å². The maximum absolute atomic E-state index is 11.1. The van der Waals surface area contributed by atoms with Gasteiger partial charge in [-0.25, -0.2) is 0 Å². The quantitative estimate of drug-likeness (QED) is 0.151. The van der Waals surface area contributed by atoms with Gasteiger partial charge in [0.2, 0.25) is 0 Å². The van der Waals surface area contributed by atoms with Gasteiger partial charge in [0.1, 0.15) is 67.6 Å². The number of hydrogen-bond acceptors (Lipinski definition) is 14. The van der Waals surface area contributed by atoms with Crippen LogP contribution in [0, 0.1) is 12.3 Å². The summed E-state index contributed by atoms with van der Waals surface area (Å²) in [5.41, 5.74) is 0. The lowest BCUT2D eigenvalue weighted by molar-refractivity contribution is -0.383. The Morgan fingerprint density at radius 1 is 0.657 bits per heavy atom. The summed E-state index contributed by atoms with van der Waals surface area (Å²) in [6, 6.07) is 0. The van der Waals surface area contributed by atoms with E-state index < -0.39 is 98.7 Å². The Kier molecular flexibility index (Phi) is 9.82. The van der Waals surface area contributed by atoms with Crippen LogP contribution >= 0.6 is 0 Å². The molecule has 15 atom stereocenters. The number of aliphatic hydroxyl groups excluding tert-OH is 8. The fraction of sp³-hybridized carbons (Fsp3) is 0.905. The first kappa shape index (κ1) is 28.6. The second-order valence-corrected chi connectivity index (χ2v) is 8.80. The lowest BCUT2D eigenvalue weighted by Crippen LogP contribution is -2.66. The SMILES string of the molecule is C#CCO[C@@H]1OC(CO)[C@@H](O[C@@H]2OC(C)[C@H](O)C(O)[C@@H]2O)C(O)[C@@H]1O[C@@H]1OC(C)[C@H](O)C(O)[C@@H]1O. The highest BCUT2D eigenvalue weighted by molar-refractivity contribution is 4.96. The summed E-state index contributed by atoms with van der Waals surface area (Å²) in [4.78, 5) is 0. The van der Waals surface area contributed by atoms with Crippen molar-refractivity contribution in [1.29, 1.82) is 0 Å². The molecule has 0 saturated carbocycles. The molecule has 6 unspecified atom stereocenters. The Bertz CT molecular complexity index is 719. The van der Waals surface area contributed by atoms with Crippen LogP contribution in [0.1, 0.15) is 13.8 Å². The number of aliphatic hydroxyl groups is 8. The largest absolute Gasteiger partial charge is 0.394 e. The molecule has 0 aromatic heterocycles. The molecular formula is C21H34O14. The van der Waals surface area contributed by atoms with E-state index >= 15 is 0 Å². The lowest BCUT2D eigenvalue weighted by atomic mass is 9.96. The maximum atomic E-state index is 11.1. The molecular weight excluding hydrogens is 476 g/mol. The van der Waals surface area contributed by atoms with Gasteiger partial charge in [0, 0.05) is 0 Å². The van der Waals surface area contributed by atoms with Crippen LogP contribution in [0.2, 0.25) is 0 Å². The summed E-state index contributed by atoms with van der Waals surface area (Å²) in [5, 5.41) is 81.5. The van der Waals surface area contributed by atoms with Crippen LogP contribution in [-0.2, 0) is 28.4 Å². The first-order valence-corrected chi connectivity index (χ1v) is 11.2. The predicted molar refractivity (Wildman–Crippen MR) is 111 cm³/mol. The van der Waals surface area contributed by atoms with Gasteiger partial charge in [0.25, 0.3) is 0 Å². The average molecular weight is 510 g/mol. The van der Waals surface area contributed by atoms with Gasteiger partial charge in [-0.2, -0.15) is 0 Å². The Morgan fingerprint density at radius 2 is 1.14 bits per heavy atom. The van der Waals surface area contributed by atoms with Crippen molar-refractivity contribution < 1.29 is 69.3 Å². The van der Waals surface area contributed by atoms with E-state index in [1.54, 1.807) is 0 Å². The zero-order chi connectivity index (χ0) is 26.0. The summed E-state index contributed by atoms with van der Waals surface area (Å²) in [5.74, 6) is 2.22. The highest BCUT2D eigenvalue weighted by Gasteiger charge is 2.53. The molecule has 0 radical (unpaired) electrons. The van der Waals surface area contributed by atoms with Gasteiger partial charge >= 0.3 is 0 Å². The summed E-state index contributed by atoms with van der Waals surface area (Å²) in [7, 11) is 0. The van der Waals surface area contributed by atoms with Crippen molar-refractivity contribution in [3.05, 3.63) is 0 Å². The van der Waals surface area contributed by atoms with Crippen LogP contribution in [0.15, 0.2) is 0 Å². The normalized spacial score (nSPS) is 51.1. The van der Waals surface area contributed by atoms with Crippen molar-refractivity contribution in [3.63, 3.8) is 0 Å². The van der Waals surface area contributed by atoms with Crippen molar-refractivity contribution in [1.82, 2.24) is 0 Å². The van der Waals surface area contributed by atoms with Gasteiger partial charge < -0.3 is 69.3 Å². The smallest absolute Gasteiger partial charge is 0.188 e. The van der Waals surface area contributed by atoms with Crippen LogP contribution < -0.4 is 0 Å². The minimum Gasteiger partial charge on any atom is -0.394 e. The summed E-state index contributed by atoms with van der Waals surface area (Å²) >= 11 is 0. The molecule has 35 heavy (non-hydrogen) atoms. The Labute approximate surface area is 201 Å². The molecule has 0 aromatic rings. The number of hydrogen-bond donors (Lipinski definition) is 8. The zero-order valence-corrected chi connectivity index (χ0v) is 19.2. The molecule has 0 bridgehead atoms. The monoisotopic (exact) mass is 510 g/mol. The van der Waals surface area contributed by atoms with Crippen molar-refractivity contribution in [2.45, 2.75) is 106 Å². The van der Waals surface area contributed by atoms with Gasteiger partial charge in [-0.1, -0.05) is 5.92 Å². The summed E-state index contributed by atoms with van der Waals surface area (Å²) in [6.45, 7) is 1.91. The van der Waals surface area contributed by atoms with E-state index in [9.17, 15) is 40.9 Å². The molecule has 14 nitrogen and oxygen atoms in total. The molecule has 3 aliphatic rings. The first-order chi connectivity index (χ1) is 16.5. The van der Waals surface area contributed by atoms with Gasteiger partial charge in [-0.05, 0) is 13.8 Å². The minimum absolute atomic E-state index is 0.279. The molecule has 3 fully saturated rings. The Hall–Kier alpha value is -1.00. The molecule has 3 rings (SSSR count). The molecule has 0 aliphatic carbocycles. The topological polar surface area (TPSA) is 217 Å². The predicted octanol–water partition coefficient (Wildman–Crippen LogP) is -4.86. The average Bonchev–Trinajstić information content (AvgIpc) is 2.84. The molecule has 0 spiro atoms. The molecule has 14 heteroatoms. The van der Waals surface area contributed by atoms with Crippen LogP contribution in [0.4, 0.5) is 0 Å². The van der Waals surface area contributed by atoms with E-state index in [-0.39, 0.29) is 6.61 Å². The van der Waals surface area contributed by atoms with Crippen molar-refractivity contribution in [2.75, 3.05) is 13.2 Å². The molecule has 3 heterocycles. The number of rotatable bonds is 7. The van der Waals surface area contributed by atoms with Gasteiger partial charge in [0.15, 0.2) is 18.9 Å². The maximum Gasteiger partial charge on any atom is 0.188 e. The second kappa shape index (κ2) is 12.0. The van der Waals surface area contributed by atoms with Gasteiger partial charge in [-0.15, -0.1) is 6.42 Å².